The summed E-state index contributed by atoms with van der Waals surface area (Å²) in [5.41, 5.74) is 3.36. The van der Waals surface area contributed by atoms with E-state index in [1.165, 1.54) is 24.4 Å². The summed E-state index contributed by atoms with van der Waals surface area (Å²) in [6.45, 7) is 2.34. The number of methoxy groups -OCH3 is 1. The maximum absolute atomic E-state index is 13.4. The van der Waals surface area contributed by atoms with Gasteiger partial charge in [-0.15, -0.1) is 4.40 Å². The number of carbonyl (C=O) groups is 1. The molecule has 0 fully saturated rings. The van der Waals surface area contributed by atoms with Crippen molar-refractivity contribution in [3.8, 4) is 17.0 Å². The molecular formula is C25H27Cl2N5O4S. The van der Waals surface area contributed by atoms with Crippen LogP contribution in [-0.2, 0) is 23.5 Å². The zero-order chi connectivity index (χ0) is 27.1. The normalized spacial score (nSPS) is 15.6. The number of hydrogen-bond donors (Lipinski definition) is 0. The predicted octanol–water partition coefficient (Wildman–Crippen LogP) is 4.44. The van der Waals surface area contributed by atoms with E-state index in [0.717, 1.165) is 17.0 Å². The lowest BCUT2D eigenvalue weighted by molar-refractivity contribution is 0.0673. The van der Waals surface area contributed by atoms with E-state index in [9.17, 15) is 13.2 Å². The summed E-state index contributed by atoms with van der Waals surface area (Å²) < 4.78 is 36.3. The molecule has 1 aliphatic heterocycles. The summed E-state index contributed by atoms with van der Waals surface area (Å²) in [5, 5.41) is 5.23. The molecule has 0 spiro atoms. The molecule has 1 atom stereocenters. The highest BCUT2D eigenvalue weighted by Crippen LogP contribution is 2.38. The number of carbonyl (C=O) groups excluding carboxylic acids is 1. The molecule has 12 heteroatoms. The first-order chi connectivity index (χ1) is 17.4. The highest BCUT2D eigenvalue weighted by molar-refractivity contribution is 7.90. The van der Waals surface area contributed by atoms with Crippen LogP contribution in [0.15, 0.2) is 45.7 Å². The largest absolute Gasteiger partial charge is 0.495 e. The lowest BCUT2D eigenvalue weighted by Crippen LogP contribution is -2.39. The Balaban J connectivity index is 1.73. The number of aryl methyl sites for hydroxylation is 1. The molecule has 1 aliphatic rings. The first kappa shape index (κ1) is 27.0. The SMILES string of the molecule is COc1cccc(C(=O)N2CCc3c(nn(C)c3-c3cc(Cl)cc(S(=O)(=O)N=CN(C)C)c3)C2C)c1Cl. The topological polar surface area (TPSA) is 97.1 Å². The van der Waals surface area contributed by atoms with E-state index in [-0.39, 0.29) is 26.9 Å². The fourth-order valence-electron chi connectivity index (χ4n) is 4.44. The monoisotopic (exact) mass is 563 g/mol. The minimum atomic E-state index is -3.96. The number of sulfonamides is 1. The van der Waals surface area contributed by atoms with Crippen molar-refractivity contribution in [2.45, 2.75) is 24.3 Å². The number of aromatic nitrogens is 2. The van der Waals surface area contributed by atoms with Gasteiger partial charge in [-0.05, 0) is 43.7 Å². The fraction of sp³-hybridized carbons (Fsp3) is 0.320. The molecule has 0 saturated heterocycles. The van der Waals surface area contributed by atoms with Crippen molar-refractivity contribution in [3.05, 3.63) is 63.3 Å². The second-order valence-electron chi connectivity index (χ2n) is 8.92. The summed E-state index contributed by atoms with van der Waals surface area (Å²) in [5.74, 6) is 0.212. The van der Waals surface area contributed by atoms with Gasteiger partial charge in [0.2, 0.25) is 0 Å². The Hall–Kier alpha value is -3.08. The highest BCUT2D eigenvalue weighted by Gasteiger charge is 2.34. The third kappa shape index (κ3) is 5.18. The Morgan fingerprint density at radius 2 is 1.97 bits per heavy atom. The third-order valence-electron chi connectivity index (χ3n) is 6.18. The number of halogens is 2. The standard InChI is InChI=1S/C25H27Cl2N5O4S/c1-15-23-20(9-10-32(15)25(33)19-7-6-8-21(36-5)22(19)27)24(31(4)29-23)16-11-17(26)13-18(12-16)37(34,35)28-14-30(2)3/h6-8,11-15H,9-10H2,1-5H3. The molecule has 3 aromatic rings. The van der Waals surface area contributed by atoms with Crippen LogP contribution in [0.4, 0.5) is 0 Å². The van der Waals surface area contributed by atoms with Gasteiger partial charge in [0.25, 0.3) is 15.9 Å². The molecule has 37 heavy (non-hydrogen) atoms. The maximum Gasteiger partial charge on any atom is 0.283 e. The molecule has 9 nitrogen and oxygen atoms in total. The van der Waals surface area contributed by atoms with Crippen molar-refractivity contribution in [2.75, 3.05) is 27.7 Å². The Morgan fingerprint density at radius 3 is 2.65 bits per heavy atom. The van der Waals surface area contributed by atoms with Crippen LogP contribution >= 0.6 is 23.2 Å². The summed E-state index contributed by atoms with van der Waals surface area (Å²) in [4.78, 5) is 16.7. The summed E-state index contributed by atoms with van der Waals surface area (Å²) in [7, 11) is 2.69. The van der Waals surface area contributed by atoms with Crippen molar-refractivity contribution in [1.82, 2.24) is 19.6 Å². The zero-order valence-electron chi connectivity index (χ0n) is 21.1. The third-order valence-corrected chi connectivity index (χ3v) is 7.99. The van der Waals surface area contributed by atoms with Gasteiger partial charge in [-0.25, -0.2) is 0 Å². The van der Waals surface area contributed by atoms with Gasteiger partial charge in [0.05, 0.1) is 40.0 Å². The lowest BCUT2D eigenvalue weighted by atomic mass is 9.95. The van der Waals surface area contributed by atoms with Crippen LogP contribution in [0.1, 0.15) is 34.6 Å². The van der Waals surface area contributed by atoms with Crippen molar-refractivity contribution in [3.63, 3.8) is 0 Å². The molecule has 0 saturated carbocycles. The van der Waals surface area contributed by atoms with Crippen LogP contribution in [0.25, 0.3) is 11.3 Å². The van der Waals surface area contributed by atoms with Crippen LogP contribution in [0.5, 0.6) is 5.75 Å². The summed E-state index contributed by atoms with van der Waals surface area (Å²) in [6.07, 6.45) is 1.74. The maximum atomic E-state index is 13.4. The smallest absolute Gasteiger partial charge is 0.283 e. The number of rotatable bonds is 6. The Bertz CT molecular complexity index is 1500. The zero-order valence-corrected chi connectivity index (χ0v) is 23.4. The van der Waals surface area contributed by atoms with E-state index in [2.05, 4.69) is 4.40 Å². The Kier molecular flexibility index (Phi) is 7.55. The van der Waals surface area contributed by atoms with Crippen LogP contribution in [0, 0.1) is 0 Å². The average molecular weight is 564 g/mol. The predicted molar refractivity (Wildman–Crippen MR) is 144 cm³/mol. The van der Waals surface area contributed by atoms with Gasteiger partial charge in [-0.3, -0.25) is 9.48 Å². The van der Waals surface area contributed by atoms with E-state index >= 15 is 0 Å². The average Bonchev–Trinajstić information content (AvgIpc) is 3.19. The van der Waals surface area contributed by atoms with Gasteiger partial charge in [-0.2, -0.15) is 13.5 Å². The Morgan fingerprint density at radius 1 is 1.24 bits per heavy atom. The number of hydrogen-bond acceptors (Lipinski definition) is 5. The number of nitrogens with zero attached hydrogens (tertiary/aromatic N) is 5. The van der Waals surface area contributed by atoms with Gasteiger partial charge < -0.3 is 14.5 Å². The number of fused-ring (bicyclic) bond motifs is 1. The van der Waals surface area contributed by atoms with Gasteiger partial charge in [0.15, 0.2) is 0 Å². The van der Waals surface area contributed by atoms with Crippen molar-refractivity contribution < 1.29 is 17.9 Å². The first-order valence-electron chi connectivity index (χ1n) is 11.4. The van der Waals surface area contributed by atoms with Crippen LogP contribution < -0.4 is 4.74 Å². The van der Waals surface area contributed by atoms with Crippen LogP contribution in [0.3, 0.4) is 0 Å². The molecule has 196 valence electrons. The van der Waals surface area contributed by atoms with Crippen molar-refractivity contribution >= 4 is 45.5 Å². The quantitative estimate of drug-likeness (QED) is 0.325. The number of benzene rings is 2. The molecule has 0 bridgehead atoms. The Labute approximate surface area is 226 Å². The molecule has 1 amide bonds. The minimum absolute atomic E-state index is 0.0172. The van der Waals surface area contributed by atoms with E-state index in [1.807, 2.05) is 6.92 Å². The summed E-state index contributed by atoms with van der Waals surface area (Å²) in [6, 6.07) is 9.38. The second kappa shape index (κ2) is 10.4. The van der Waals surface area contributed by atoms with Gasteiger partial charge in [0, 0.05) is 43.8 Å². The van der Waals surface area contributed by atoms with Crippen LogP contribution in [-0.4, -0.2) is 68.0 Å². The molecule has 2 aromatic carbocycles. The van der Waals surface area contributed by atoms with Gasteiger partial charge in [0.1, 0.15) is 12.1 Å². The molecule has 1 unspecified atom stereocenters. The highest BCUT2D eigenvalue weighted by atomic mass is 35.5. The molecule has 4 rings (SSSR count). The van der Waals surface area contributed by atoms with E-state index in [4.69, 9.17) is 33.0 Å². The second-order valence-corrected chi connectivity index (χ2v) is 11.4. The molecule has 1 aromatic heterocycles. The molecule has 0 N–H and O–H groups in total. The van der Waals surface area contributed by atoms with Gasteiger partial charge in [-0.1, -0.05) is 29.3 Å². The van der Waals surface area contributed by atoms with Crippen molar-refractivity contribution in [1.29, 1.82) is 0 Å². The number of amides is 1. The number of ether oxygens (including phenoxy) is 1. The molecular weight excluding hydrogens is 537 g/mol. The summed E-state index contributed by atoms with van der Waals surface area (Å²) >= 11 is 12.8. The van der Waals surface area contributed by atoms with E-state index in [0.29, 0.717) is 29.8 Å². The lowest BCUT2D eigenvalue weighted by Gasteiger charge is -2.33. The van der Waals surface area contributed by atoms with E-state index in [1.54, 1.807) is 61.1 Å². The molecule has 2 heterocycles. The first-order valence-corrected chi connectivity index (χ1v) is 13.6. The van der Waals surface area contributed by atoms with E-state index < -0.39 is 10.0 Å². The molecule has 0 radical (unpaired) electrons. The van der Waals surface area contributed by atoms with Crippen LogP contribution in [0.2, 0.25) is 10.0 Å². The molecule has 0 aliphatic carbocycles. The minimum Gasteiger partial charge on any atom is -0.495 e. The van der Waals surface area contributed by atoms with Crippen molar-refractivity contribution in [2.24, 2.45) is 11.4 Å². The van der Waals surface area contributed by atoms with Gasteiger partial charge >= 0.3 is 0 Å². The fourth-order valence-corrected chi connectivity index (χ4v) is 6.01.